The first kappa shape index (κ1) is 20.8. The Kier molecular flexibility index (Phi) is 5.86. The summed E-state index contributed by atoms with van der Waals surface area (Å²) in [5.74, 6) is -1.27. The number of hydrogen-bond donors (Lipinski definition) is 1. The van der Waals surface area contributed by atoms with Crippen molar-refractivity contribution in [2.45, 2.75) is 45.7 Å². The van der Waals surface area contributed by atoms with E-state index in [9.17, 15) is 18.0 Å². The Balaban J connectivity index is 1.66. The van der Waals surface area contributed by atoms with Crippen molar-refractivity contribution in [3.63, 3.8) is 0 Å². The molecule has 0 spiro atoms. The second-order valence-electron chi connectivity index (χ2n) is 7.02. The molecule has 0 aliphatic heterocycles. The number of halogens is 3. The summed E-state index contributed by atoms with van der Waals surface area (Å²) in [6.07, 6.45) is -4.08. The third-order valence-corrected chi connectivity index (χ3v) is 4.88. The lowest BCUT2D eigenvalue weighted by Crippen LogP contribution is -2.27. The molecular formula is C20H22F3N5O. The predicted octanol–water partition coefficient (Wildman–Crippen LogP) is 3.61. The van der Waals surface area contributed by atoms with Gasteiger partial charge in [-0.25, -0.2) is 9.50 Å². The number of carbonyl (C=O) groups excluding carboxylic acids is 1. The Morgan fingerprint density at radius 3 is 2.52 bits per heavy atom. The number of nitrogens with one attached hydrogen (secondary N) is 1. The Morgan fingerprint density at radius 1 is 1.17 bits per heavy atom. The molecule has 0 aliphatic rings. The van der Waals surface area contributed by atoms with E-state index in [0.717, 1.165) is 10.1 Å². The number of aromatic nitrogens is 4. The highest BCUT2D eigenvalue weighted by atomic mass is 19.4. The Hall–Kier alpha value is -2.97. The van der Waals surface area contributed by atoms with E-state index in [4.69, 9.17) is 0 Å². The standard InChI is InChI=1S/C20H22F3N5O/c1-12(15-7-5-4-6-8-15)11-24-17(29)10-9-16-13(2)25-19-26-18(20(21,22)23)27-28(19)14(16)3/h4-8,12H,9-11H2,1-3H3,(H,24,29)/t12-/m0/s1. The van der Waals surface area contributed by atoms with Crippen molar-refractivity contribution in [1.29, 1.82) is 0 Å². The minimum absolute atomic E-state index is 0.0998. The average molecular weight is 405 g/mol. The van der Waals surface area contributed by atoms with E-state index in [2.05, 4.69) is 20.4 Å². The van der Waals surface area contributed by atoms with Gasteiger partial charge in [0, 0.05) is 24.4 Å². The predicted molar refractivity (Wildman–Crippen MR) is 101 cm³/mol. The molecule has 1 amide bonds. The molecule has 0 saturated heterocycles. The fraction of sp³-hybridized carbons (Fsp3) is 0.400. The smallest absolute Gasteiger partial charge is 0.355 e. The first-order chi connectivity index (χ1) is 13.7. The van der Waals surface area contributed by atoms with E-state index in [1.807, 2.05) is 37.3 Å². The highest BCUT2D eigenvalue weighted by molar-refractivity contribution is 5.76. The van der Waals surface area contributed by atoms with E-state index in [-0.39, 0.29) is 24.0 Å². The molecule has 3 rings (SSSR count). The zero-order valence-electron chi connectivity index (χ0n) is 16.4. The number of amides is 1. The van der Waals surface area contributed by atoms with Gasteiger partial charge in [0.2, 0.25) is 5.91 Å². The maximum atomic E-state index is 12.9. The van der Waals surface area contributed by atoms with Gasteiger partial charge in [-0.05, 0) is 37.3 Å². The maximum absolute atomic E-state index is 12.9. The summed E-state index contributed by atoms with van der Waals surface area (Å²) in [6.45, 7) is 5.89. The third-order valence-electron chi connectivity index (χ3n) is 4.88. The molecule has 0 radical (unpaired) electrons. The molecule has 2 heterocycles. The van der Waals surface area contributed by atoms with Crippen LogP contribution in [0.4, 0.5) is 13.2 Å². The molecule has 0 bridgehead atoms. The summed E-state index contributed by atoms with van der Waals surface area (Å²) in [6, 6.07) is 9.88. The Labute approximate surface area is 166 Å². The molecule has 0 unspecified atom stereocenters. The number of nitrogens with zero attached hydrogens (tertiary/aromatic N) is 4. The van der Waals surface area contributed by atoms with Crippen molar-refractivity contribution in [1.82, 2.24) is 24.9 Å². The van der Waals surface area contributed by atoms with Gasteiger partial charge >= 0.3 is 6.18 Å². The fourth-order valence-corrected chi connectivity index (χ4v) is 3.18. The first-order valence-electron chi connectivity index (χ1n) is 9.28. The van der Waals surface area contributed by atoms with Gasteiger partial charge in [0.05, 0.1) is 0 Å². The molecule has 9 heteroatoms. The second-order valence-corrected chi connectivity index (χ2v) is 7.02. The van der Waals surface area contributed by atoms with Gasteiger partial charge in [0.1, 0.15) is 0 Å². The number of fused-ring (bicyclic) bond motifs is 1. The van der Waals surface area contributed by atoms with Gasteiger partial charge in [-0.1, -0.05) is 37.3 Å². The number of alkyl halides is 3. The van der Waals surface area contributed by atoms with Gasteiger partial charge in [0.15, 0.2) is 0 Å². The van der Waals surface area contributed by atoms with Gasteiger partial charge in [-0.2, -0.15) is 18.2 Å². The third kappa shape index (κ3) is 4.72. The molecule has 6 nitrogen and oxygen atoms in total. The molecule has 1 aromatic carbocycles. The van der Waals surface area contributed by atoms with Gasteiger partial charge in [0.25, 0.3) is 11.6 Å². The zero-order valence-corrected chi connectivity index (χ0v) is 16.4. The monoisotopic (exact) mass is 405 g/mol. The SMILES string of the molecule is Cc1nc2nc(C(F)(F)F)nn2c(C)c1CCC(=O)NC[C@H](C)c1ccccc1. The van der Waals surface area contributed by atoms with Crippen LogP contribution in [0.5, 0.6) is 0 Å². The number of rotatable bonds is 6. The summed E-state index contributed by atoms with van der Waals surface area (Å²) in [5.41, 5.74) is 2.88. The molecule has 1 atom stereocenters. The quantitative estimate of drug-likeness (QED) is 0.680. The van der Waals surface area contributed by atoms with Crippen LogP contribution < -0.4 is 5.32 Å². The minimum atomic E-state index is -4.64. The van der Waals surface area contributed by atoms with E-state index in [1.54, 1.807) is 13.8 Å². The Morgan fingerprint density at radius 2 is 1.86 bits per heavy atom. The van der Waals surface area contributed by atoms with Crippen LogP contribution in [0.2, 0.25) is 0 Å². The van der Waals surface area contributed by atoms with E-state index in [1.165, 1.54) is 0 Å². The average Bonchev–Trinajstić information content (AvgIpc) is 3.11. The van der Waals surface area contributed by atoms with E-state index >= 15 is 0 Å². The van der Waals surface area contributed by atoms with Crippen molar-refractivity contribution in [3.8, 4) is 0 Å². The first-order valence-corrected chi connectivity index (χ1v) is 9.28. The molecule has 0 aliphatic carbocycles. The summed E-state index contributed by atoms with van der Waals surface area (Å²) in [5, 5.41) is 6.43. The largest absolute Gasteiger partial charge is 0.453 e. The summed E-state index contributed by atoms with van der Waals surface area (Å²) in [7, 11) is 0. The van der Waals surface area contributed by atoms with E-state index < -0.39 is 12.0 Å². The van der Waals surface area contributed by atoms with Crippen LogP contribution in [0.15, 0.2) is 30.3 Å². The fourth-order valence-electron chi connectivity index (χ4n) is 3.18. The zero-order chi connectivity index (χ0) is 21.2. The lowest BCUT2D eigenvalue weighted by Gasteiger charge is -2.14. The lowest BCUT2D eigenvalue weighted by molar-refractivity contribution is -0.144. The molecule has 29 heavy (non-hydrogen) atoms. The van der Waals surface area contributed by atoms with Crippen molar-refractivity contribution >= 4 is 11.7 Å². The van der Waals surface area contributed by atoms with Crippen LogP contribution in [0.25, 0.3) is 5.78 Å². The van der Waals surface area contributed by atoms with Crippen molar-refractivity contribution in [2.75, 3.05) is 6.54 Å². The molecular weight excluding hydrogens is 383 g/mol. The summed E-state index contributed by atoms with van der Waals surface area (Å²) in [4.78, 5) is 19.8. The van der Waals surface area contributed by atoms with Gasteiger partial charge in [-0.3, -0.25) is 4.79 Å². The lowest BCUT2D eigenvalue weighted by atomic mass is 10.0. The van der Waals surface area contributed by atoms with Gasteiger partial charge in [-0.15, -0.1) is 5.10 Å². The summed E-state index contributed by atoms with van der Waals surface area (Å²) >= 11 is 0. The Bertz CT molecular complexity index is 1010. The highest BCUT2D eigenvalue weighted by Gasteiger charge is 2.36. The number of aryl methyl sites for hydroxylation is 2. The summed E-state index contributed by atoms with van der Waals surface area (Å²) < 4.78 is 39.7. The van der Waals surface area contributed by atoms with Crippen LogP contribution >= 0.6 is 0 Å². The van der Waals surface area contributed by atoms with Crippen LogP contribution in [0.1, 0.15) is 47.6 Å². The second kappa shape index (κ2) is 8.18. The maximum Gasteiger partial charge on any atom is 0.453 e. The number of hydrogen-bond acceptors (Lipinski definition) is 4. The minimum Gasteiger partial charge on any atom is -0.355 e. The normalized spacial score (nSPS) is 12.9. The molecule has 2 aromatic heterocycles. The van der Waals surface area contributed by atoms with Crippen LogP contribution in [0.3, 0.4) is 0 Å². The van der Waals surface area contributed by atoms with Crippen LogP contribution in [-0.2, 0) is 17.4 Å². The van der Waals surface area contributed by atoms with Crippen molar-refractivity contribution in [2.24, 2.45) is 0 Å². The van der Waals surface area contributed by atoms with E-state index in [0.29, 0.717) is 29.9 Å². The molecule has 0 saturated carbocycles. The molecule has 154 valence electrons. The molecule has 3 aromatic rings. The van der Waals surface area contributed by atoms with Gasteiger partial charge < -0.3 is 5.32 Å². The van der Waals surface area contributed by atoms with Crippen molar-refractivity contribution < 1.29 is 18.0 Å². The highest BCUT2D eigenvalue weighted by Crippen LogP contribution is 2.27. The topological polar surface area (TPSA) is 72.2 Å². The molecule has 1 N–H and O–H groups in total. The van der Waals surface area contributed by atoms with Crippen LogP contribution in [0, 0.1) is 13.8 Å². The molecule has 0 fully saturated rings. The van der Waals surface area contributed by atoms with Crippen LogP contribution in [-0.4, -0.2) is 32.0 Å². The van der Waals surface area contributed by atoms with Crippen molar-refractivity contribution in [3.05, 3.63) is 58.7 Å². The number of carbonyl (C=O) groups is 1. The number of benzene rings is 1.